The third kappa shape index (κ3) is 5.72. The van der Waals surface area contributed by atoms with Crippen molar-refractivity contribution in [1.82, 2.24) is 9.80 Å². The highest BCUT2D eigenvalue weighted by Gasteiger charge is 2.31. The van der Waals surface area contributed by atoms with E-state index in [0.29, 0.717) is 26.1 Å². The normalized spacial score (nSPS) is 17.8. The van der Waals surface area contributed by atoms with Crippen LogP contribution in [0.5, 0.6) is 0 Å². The lowest BCUT2D eigenvalue weighted by Crippen LogP contribution is -2.56. The molecule has 1 atom stereocenters. The highest BCUT2D eigenvalue weighted by Crippen LogP contribution is 2.20. The fourth-order valence-corrected chi connectivity index (χ4v) is 3.80. The molecule has 1 aliphatic rings. The van der Waals surface area contributed by atoms with Gasteiger partial charge in [0, 0.05) is 32.1 Å². The molecule has 1 aromatic rings. The quantitative estimate of drug-likeness (QED) is 0.803. The summed E-state index contributed by atoms with van der Waals surface area (Å²) in [6, 6.07) is 4.35. The maximum atomic E-state index is 12.8. The molecule has 2 amide bonds. The largest absolute Gasteiger partial charge is 0.444 e. The molecular formula is C22H34N2O3. The Morgan fingerprint density at radius 1 is 1.11 bits per heavy atom. The molecule has 0 N–H and O–H groups in total. The molecule has 5 nitrogen and oxygen atoms in total. The van der Waals surface area contributed by atoms with Crippen molar-refractivity contribution in [3.05, 3.63) is 34.4 Å². The maximum Gasteiger partial charge on any atom is 0.410 e. The summed E-state index contributed by atoms with van der Waals surface area (Å²) in [6.07, 6.45) is 0.962. The predicted molar refractivity (Wildman–Crippen MR) is 108 cm³/mol. The fraction of sp³-hybridized carbons (Fsp3) is 0.636. The van der Waals surface area contributed by atoms with Gasteiger partial charge in [-0.05, 0) is 71.6 Å². The zero-order valence-corrected chi connectivity index (χ0v) is 17.9. The van der Waals surface area contributed by atoms with Crippen LogP contribution < -0.4 is 0 Å². The van der Waals surface area contributed by atoms with Crippen LogP contribution in [0.25, 0.3) is 0 Å². The first kappa shape index (κ1) is 21.3. The zero-order chi connectivity index (χ0) is 20.4. The van der Waals surface area contributed by atoms with Crippen molar-refractivity contribution < 1.29 is 14.3 Å². The molecule has 0 saturated carbocycles. The van der Waals surface area contributed by atoms with Crippen LogP contribution in [0.3, 0.4) is 0 Å². The van der Waals surface area contributed by atoms with E-state index in [9.17, 15) is 9.59 Å². The van der Waals surface area contributed by atoms with E-state index in [2.05, 4.69) is 32.9 Å². The monoisotopic (exact) mass is 374 g/mol. The molecule has 0 radical (unpaired) electrons. The Morgan fingerprint density at radius 2 is 1.70 bits per heavy atom. The molecule has 1 fully saturated rings. The summed E-state index contributed by atoms with van der Waals surface area (Å²) in [5.41, 5.74) is 4.53. The lowest BCUT2D eigenvalue weighted by Gasteiger charge is -2.40. The van der Waals surface area contributed by atoms with Gasteiger partial charge in [0.05, 0.1) is 0 Å². The van der Waals surface area contributed by atoms with Gasteiger partial charge in [0.25, 0.3) is 0 Å². The summed E-state index contributed by atoms with van der Waals surface area (Å²) in [6.45, 7) is 15.5. The topological polar surface area (TPSA) is 49.9 Å². The van der Waals surface area contributed by atoms with E-state index in [4.69, 9.17) is 4.74 Å². The van der Waals surface area contributed by atoms with E-state index < -0.39 is 5.60 Å². The summed E-state index contributed by atoms with van der Waals surface area (Å²) in [5.74, 6) is 0.158. The van der Waals surface area contributed by atoms with E-state index in [1.54, 1.807) is 4.90 Å². The Balaban J connectivity index is 1.92. The minimum atomic E-state index is -0.503. The molecule has 1 aromatic carbocycles. The summed E-state index contributed by atoms with van der Waals surface area (Å²) < 4.78 is 5.45. The number of hydrogen-bond donors (Lipinski definition) is 0. The molecule has 5 heteroatoms. The van der Waals surface area contributed by atoms with Gasteiger partial charge in [0.15, 0.2) is 0 Å². The Bertz CT molecular complexity index is 683. The molecular weight excluding hydrogens is 340 g/mol. The summed E-state index contributed by atoms with van der Waals surface area (Å²) in [4.78, 5) is 28.6. The first-order valence-electron chi connectivity index (χ1n) is 9.82. The van der Waals surface area contributed by atoms with Gasteiger partial charge >= 0.3 is 6.09 Å². The number of amides is 2. The van der Waals surface area contributed by atoms with Crippen molar-refractivity contribution in [3.8, 4) is 0 Å². The van der Waals surface area contributed by atoms with Gasteiger partial charge in [0.1, 0.15) is 5.60 Å². The SMILES string of the molecule is Cc1cc(C)c(CCC(=O)N2CCN(C(=O)OC(C)(C)C)CC2C)c(C)c1. The van der Waals surface area contributed by atoms with E-state index in [1.807, 2.05) is 32.6 Å². The number of ether oxygens (including phenoxy) is 1. The van der Waals surface area contributed by atoms with Crippen LogP contribution in [0.1, 0.15) is 56.4 Å². The van der Waals surface area contributed by atoms with Crippen molar-refractivity contribution in [2.75, 3.05) is 19.6 Å². The van der Waals surface area contributed by atoms with Crippen molar-refractivity contribution in [3.63, 3.8) is 0 Å². The molecule has 0 bridgehead atoms. The number of carbonyl (C=O) groups is 2. The van der Waals surface area contributed by atoms with Crippen LogP contribution in [-0.2, 0) is 16.0 Å². The number of carbonyl (C=O) groups excluding carboxylic acids is 2. The van der Waals surface area contributed by atoms with Crippen LogP contribution in [0.2, 0.25) is 0 Å². The van der Waals surface area contributed by atoms with Gasteiger partial charge in [-0.1, -0.05) is 17.7 Å². The molecule has 1 aliphatic heterocycles. The second kappa shape index (κ2) is 8.32. The molecule has 150 valence electrons. The van der Waals surface area contributed by atoms with Crippen molar-refractivity contribution in [2.45, 2.75) is 73.0 Å². The van der Waals surface area contributed by atoms with E-state index in [1.165, 1.54) is 22.3 Å². The van der Waals surface area contributed by atoms with Gasteiger partial charge < -0.3 is 14.5 Å². The summed E-state index contributed by atoms with van der Waals surface area (Å²) >= 11 is 0. The fourth-order valence-electron chi connectivity index (χ4n) is 3.80. The molecule has 2 rings (SSSR count). The second-order valence-electron chi connectivity index (χ2n) is 8.74. The van der Waals surface area contributed by atoms with Gasteiger partial charge in [-0.15, -0.1) is 0 Å². The Morgan fingerprint density at radius 3 is 2.22 bits per heavy atom. The molecule has 0 spiro atoms. The Hall–Kier alpha value is -2.04. The summed E-state index contributed by atoms with van der Waals surface area (Å²) in [5, 5.41) is 0. The minimum Gasteiger partial charge on any atom is -0.444 e. The Kier molecular flexibility index (Phi) is 6.55. The van der Waals surface area contributed by atoms with Gasteiger partial charge in [-0.2, -0.15) is 0 Å². The lowest BCUT2D eigenvalue weighted by atomic mass is 9.96. The van der Waals surface area contributed by atoms with Crippen LogP contribution in [0, 0.1) is 20.8 Å². The van der Waals surface area contributed by atoms with Crippen molar-refractivity contribution >= 4 is 12.0 Å². The third-order valence-electron chi connectivity index (χ3n) is 5.03. The predicted octanol–water partition coefficient (Wildman–Crippen LogP) is 4.01. The van der Waals surface area contributed by atoms with Crippen LogP contribution in [0.4, 0.5) is 4.79 Å². The molecule has 0 aliphatic carbocycles. The standard InChI is InChI=1S/C22H34N2O3/c1-15-12-16(2)19(17(3)13-15)8-9-20(25)24-11-10-23(14-18(24)4)21(26)27-22(5,6)7/h12-13,18H,8-11,14H2,1-7H3. The van der Waals surface area contributed by atoms with Crippen LogP contribution in [0.15, 0.2) is 12.1 Å². The maximum absolute atomic E-state index is 12.8. The van der Waals surface area contributed by atoms with Crippen LogP contribution in [-0.4, -0.2) is 53.1 Å². The van der Waals surface area contributed by atoms with Crippen molar-refractivity contribution in [1.29, 1.82) is 0 Å². The number of hydrogen-bond acceptors (Lipinski definition) is 3. The molecule has 27 heavy (non-hydrogen) atoms. The number of rotatable bonds is 3. The highest BCUT2D eigenvalue weighted by atomic mass is 16.6. The average Bonchev–Trinajstić information content (AvgIpc) is 2.51. The number of nitrogens with zero attached hydrogens (tertiary/aromatic N) is 2. The van der Waals surface area contributed by atoms with Gasteiger partial charge in [0.2, 0.25) is 5.91 Å². The average molecular weight is 375 g/mol. The van der Waals surface area contributed by atoms with E-state index >= 15 is 0 Å². The molecule has 0 aromatic heterocycles. The number of aryl methyl sites for hydroxylation is 3. The number of piperazine rings is 1. The molecule has 1 saturated heterocycles. The van der Waals surface area contributed by atoms with E-state index in [0.717, 1.165) is 6.42 Å². The van der Waals surface area contributed by atoms with E-state index in [-0.39, 0.29) is 18.0 Å². The second-order valence-corrected chi connectivity index (χ2v) is 8.74. The zero-order valence-electron chi connectivity index (χ0n) is 17.9. The first-order chi connectivity index (χ1) is 12.5. The first-order valence-corrected chi connectivity index (χ1v) is 9.82. The minimum absolute atomic E-state index is 0.000944. The molecule has 1 heterocycles. The third-order valence-corrected chi connectivity index (χ3v) is 5.03. The lowest BCUT2D eigenvalue weighted by molar-refractivity contribution is -0.135. The Labute approximate surface area is 163 Å². The van der Waals surface area contributed by atoms with Crippen LogP contribution >= 0.6 is 0 Å². The summed E-state index contributed by atoms with van der Waals surface area (Å²) in [7, 11) is 0. The van der Waals surface area contributed by atoms with Gasteiger partial charge in [-0.25, -0.2) is 4.79 Å². The highest BCUT2D eigenvalue weighted by molar-refractivity contribution is 5.77. The van der Waals surface area contributed by atoms with Crippen molar-refractivity contribution in [2.24, 2.45) is 0 Å². The smallest absolute Gasteiger partial charge is 0.410 e. The molecule has 1 unspecified atom stereocenters. The number of benzene rings is 1. The van der Waals surface area contributed by atoms with Gasteiger partial charge in [-0.3, -0.25) is 4.79 Å².